The van der Waals surface area contributed by atoms with Crippen LogP contribution in [0.5, 0.6) is 11.5 Å². The van der Waals surface area contributed by atoms with Crippen molar-refractivity contribution in [2.45, 2.75) is 19.4 Å². The smallest absolute Gasteiger partial charge is 0.225 e. The summed E-state index contributed by atoms with van der Waals surface area (Å²) < 4.78 is 10.8. The summed E-state index contributed by atoms with van der Waals surface area (Å²) in [6.07, 6.45) is 4.26. The summed E-state index contributed by atoms with van der Waals surface area (Å²) in [6, 6.07) is 11.2. The lowest BCUT2D eigenvalue weighted by molar-refractivity contribution is -0.138. The first-order valence-corrected chi connectivity index (χ1v) is 9.37. The maximum absolute atomic E-state index is 12.5. The molecule has 148 valence electrons. The highest BCUT2D eigenvalue weighted by molar-refractivity contribution is 5.83. The lowest BCUT2D eigenvalue weighted by atomic mass is 9.96. The second-order valence-corrected chi connectivity index (χ2v) is 6.69. The molecule has 0 unspecified atom stereocenters. The summed E-state index contributed by atoms with van der Waals surface area (Å²) in [4.78, 5) is 30.5. The first kappa shape index (κ1) is 19.7. The van der Waals surface area contributed by atoms with Crippen LogP contribution in [0, 0.1) is 5.92 Å². The molecule has 1 fully saturated rings. The van der Waals surface area contributed by atoms with Gasteiger partial charge in [-0.25, -0.2) is 0 Å². The zero-order valence-corrected chi connectivity index (χ0v) is 16.0. The van der Waals surface area contributed by atoms with E-state index in [0.29, 0.717) is 44.8 Å². The fourth-order valence-electron chi connectivity index (χ4n) is 3.19. The molecule has 2 amide bonds. The molecule has 0 bridgehead atoms. The van der Waals surface area contributed by atoms with Crippen LogP contribution in [0.15, 0.2) is 48.8 Å². The summed E-state index contributed by atoms with van der Waals surface area (Å²) in [5, 5.41) is 2.90. The molecule has 1 aliphatic heterocycles. The Balaban J connectivity index is 1.47. The Kier molecular flexibility index (Phi) is 6.84. The van der Waals surface area contributed by atoms with E-state index in [1.54, 1.807) is 30.5 Å². The molecule has 1 aromatic carbocycles. The quantitative estimate of drug-likeness (QED) is 0.706. The number of nitrogens with zero attached hydrogens (tertiary/aromatic N) is 2. The molecule has 1 atom stereocenters. The number of carbonyl (C=O) groups excluding carboxylic acids is 2. The van der Waals surface area contributed by atoms with Crippen molar-refractivity contribution in [3.05, 3.63) is 54.4 Å². The van der Waals surface area contributed by atoms with Gasteiger partial charge < -0.3 is 19.7 Å². The van der Waals surface area contributed by atoms with Gasteiger partial charge in [-0.15, -0.1) is 0 Å². The van der Waals surface area contributed by atoms with Crippen LogP contribution >= 0.6 is 0 Å². The van der Waals surface area contributed by atoms with Crippen molar-refractivity contribution < 1.29 is 19.1 Å². The summed E-state index contributed by atoms with van der Waals surface area (Å²) in [6.45, 7) is 1.68. The van der Waals surface area contributed by atoms with Crippen LogP contribution in [-0.2, 0) is 16.1 Å². The number of carbonyl (C=O) groups is 2. The van der Waals surface area contributed by atoms with E-state index >= 15 is 0 Å². The molecule has 0 spiro atoms. The van der Waals surface area contributed by atoms with Crippen molar-refractivity contribution in [3.63, 3.8) is 0 Å². The van der Waals surface area contributed by atoms with Crippen LogP contribution in [0.4, 0.5) is 0 Å². The summed E-state index contributed by atoms with van der Waals surface area (Å²) in [7, 11) is 1.61. The largest absolute Gasteiger partial charge is 0.497 e. The normalized spacial score (nSPS) is 16.5. The molecule has 0 saturated carbocycles. The van der Waals surface area contributed by atoms with Gasteiger partial charge in [0.15, 0.2) is 0 Å². The number of piperidine rings is 1. The number of rotatable bonds is 8. The highest BCUT2D eigenvalue weighted by Crippen LogP contribution is 2.21. The molecular weight excluding hydrogens is 358 g/mol. The highest BCUT2D eigenvalue weighted by Gasteiger charge is 2.30. The highest BCUT2D eigenvalue weighted by atomic mass is 16.5. The predicted octanol–water partition coefficient (Wildman–Crippen LogP) is 2.02. The van der Waals surface area contributed by atoms with Gasteiger partial charge in [0, 0.05) is 25.7 Å². The Morgan fingerprint density at radius 3 is 2.93 bits per heavy atom. The number of aromatic nitrogens is 1. The van der Waals surface area contributed by atoms with Crippen LogP contribution in [-0.4, -0.2) is 48.5 Å². The topological polar surface area (TPSA) is 80.8 Å². The van der Waals surface area contributed by atoms with Gasteiger partial charge in [-0.3, -0.25) is 14.6 Å². The summed E-state index contributed by atoms with van der Waals surface area (Å²) >= 11 is 0. The molecule has 7 nitrogen and oxygen atoms in total. The molecule has 28 heavy (non-hydrogen) atoms. The van der Waals surface area contributed by atoms with Crippen molar-refractivity contribution in [1.82, 2.24) is 15.2 Å². The standard InChI is InChI=1S/C21H25N3O4/c1-27-18-5-2-4-16(12-18)14-24-15-17(7-8-20(24)25)21(26)23-10-11-28-19-6-3-9-22-13-19/h2-6,9,12-13,17H,7-8,10-11,14-15H2,1H3,(H,23,26)/t17-/m0/s1. The van der Waals surface area contributed by atoms with E-state index in [0.717, 1.165) is 11.3 Å². The van der Waals surface area contributed by atoms with Crippen LogP contribution < -0.4 is 14.8 Å². The SMILES string of the molecule is COc1cccc(CN2C[C@@H](C(=O)NCCOc3cccnc3)CCC2=O)c1. The average molecular weight is 383 g/mol. The van der Waals surface area contributed by atoms with Crippen LogP contribution in [0.3, 0.4) is 0 Å². The zero-order chi connectivity index (χ0) is 19.8. The van der Waals surface area contributed by atoms with E-state index < -0.39 is 0 Å². The molecule has 2 aromatic rings. The molecular formula is C21H25N3O4. The van der Waals surface area contributed by atoms with E-state index in [9.17, 15) is 9.59 Å². The van der Waals surface area contributed by atoms with E-state index in [-0.39, 0.29) is 17.7 Å². The lowest BCUT2D eigenvalue weighted by Gasteiger charge is -2.32. The molecule has 3 rings (SSSR count). The first-order valence-electron chi connectivity index (χ1n) is 9.37. The van der Waals surface area contributed by atoms with Crippen molar-refractivity contribution in [2.75, 3.05) is 26.8 Å². The second kappa shape index (κ2) is 9.73. The van der Waals surface area contributed by atoms with Gasteiger partial charge in [0.05, 0.1) is 25.8 Å². The molecule has 0 aliphatic carbocycles. The Morgan fingerprint density at radius 1 is 1.29 bits per heavy atom. The van der Waals surface area contributed by atoms with Gasteiger partial charge in [0.25, 0.3) is 0 Å². The Morgan fingerprint density at radius 2 is 2.14 bits per heavy atom. The molecule has 2 heterocycles. The maximum Gasteiger partial charge on any atom is 0.225 e. The van der Waals surface area contributed by atoms with E-state index in [4.69, 9.17) is 9.47 Å². The van der Waals surface area contributed by atoms with Crippen LogP contribution in [0.2, 0.25) is 0 Å². The number of methoxy groups -OCH3 is 1. The van der Waals surface area contributed by atoms with Crippen LogP contribution in [0.1, 0.15) is 18.4 Å². The minimum atomic E-state index is -0.207. The average Bonchev–Trinajstić information content (AvgIpc) is 2.73. The third kappa shape index (κ3) is 5.45. The Bertz CT molecular complexity index is 797. The minimum absolute atomic E-state index is 0.0436. The number of amides is 2. The van der Waals surface area contributed by atoms with Crippen molar-refractivity contribution >= 4 is 11.8 Å². The third-order valence-electron chi connectivity index (χ3n) is 4.68. The second-order valence-electron chi connectivity index (χ2n) is 6.69. The van der Waals surface area contributed by atoms with Crippen molar-refractivity contribution in [3.8, 4) is 11.5 Å². The number of ether oxygens (including phenoxy) is 2. The lowest BCUT2D eigenvalue weighted by Crippen LogP contribution is -2.45. The molecule has 1 saturated heterocycles. The zero-order valence-electron chi connectivity index (χ0n) is 16.0. The Labute approximate surface area is 164 Å². The molecule has 1 aliphatic rings. The molecule has 1 aromatic heterocycles. The van der Waals surface area contributed by atoms with Gasteiger partial charge in [0.2, 0.25) is 11.8 Å². The first-order chi connectivity index (χ1) is 13.7. The maximum atomic E-state index is 12.5. The molecule has 0 radical (unpaired) electrons. The molecule has 7 heteroatoms. The van der Waals surface area contributed by atoms with Crippen molar-refractivity contribution in [1.29, 1.82) is 0 Å². The van der Waals surface area contributed by atoms with Gasteiger partial charge in [0.1, 0.15) is 18.1 Å². The van der Waals surface area contributed by atoms with Gasteiger partial charge in [-0.1, -0.05) is 12.1 Å². The summed E-state index contributed by atoms with van der Waals surface area (Å²) in [5.74, 6) is 1.25. The van der Waals surface area contributed by atoms with Gasteiger partial charge in [-0.05, 0) is 36.2 Å². The number of likely N-dealkylation sites (tertiary alicyclic amines) is 1. The Hall–Kier alpha value is -3.09. The summed E-state index contributed by atoms with van der Waals surface area (Å²) in [5.41, 5.74) is 0.985. The number of pyridine rings is 1. The van der Waals surface area contributed by atoms with Gasteiger partial charge in [-0.2, -0.15) is 0 Å². The monoisotopic (exact) mass is 383 g/mol. The fraction of sp³-hybridized carbons (Fsp3) is 0.381. The van der Waals surface area contributed by atoms with E-state index in [2.05, 4.69) is 10.3 Å². The number of hydrogen-bond donors (Lipinski definition) is 1. The molecule has 1 N–H and O–H groups in total. The predicted molar refractivity (Wildman–Crippen MR) is 104 cm³/mol. The number of nitrogens with one attached hydrogen (secondary N) is 1. The third-order valence-corrected chi connectivity index (χ3v) is 4.68. The van der Waals surface area contributed by atoms with E-state index in [1.807, 2.05) is 30.3 Å². The van der Waals surface area contributed by atoms with E-state index in [1.165, 1.54) is 0 Å². The van der Waals surface area contributed by atoms with Crippen LogP contribution in [0.25, 0.3) is 0 Å². The van der Waals surface area contributed by atoms with Crippen molar-refractivity contribution in [2.24, 2.45) is 5.92 Å². The minimum Gasteiger partial charge on any atom is -0.497 e. The number of hydrogen-bond acceptors (Lipinski definition) is 5. The fourth-order valence-corrected chi connectivity index (χ4v) is 3.19. The van der Waals surface area contributed by atoms with Gasteiger partial charge >= 0.3 is 0 Å². The number of benzene rings is 1.